The number of carbonyl (C=O) groups is 1. The van der Waals surface area contributed by atoms with E-state index in [1.807, 2.05) is 6.08 Å². The standard InChI is InChI=1S/C13H24N2O2/c1-3-4-8-17-9-7-15-13(16)12-5-6-14-11(2)10-12/h3,11-12,14H,1,4-10H2,2H3,(H,15,16). The molecule has 2 unspecified atom stereocenters. The number of carbonyl (C=O) groups excluding carboxylic acids is 1. The molecule has 1 heterocycles. The van der Waals surface area contributed by atoms with Crippen molar-refractivity contribution in [3.63, 3.8) is 0 Å². The lowest BCUT2D eigenvalue weighted by Gasteiger charge is -2.27. The molecule has 2 atom stereocenters. The number of ether oxygens (including phenoxy) is 1. The number of hydrogen-bond donors (Lipinski definition) is 2. The van der Waals surface area contributed by atoms with Gasteiger partial charge in [-0.3, -0.25) is 4.79 Å². The molecule has 0 radical (unpaired) electrons. The predicted octanol–water partition coefficient (Wildman–Crippen LogP) is 1.08. The lowest BCUT2D eigenvalue weighted by atomic mass is 9.92. The second-order valence-corrected chi connectivity index (χ2v) is 4.56. The van der Waals surface area contributed by atoms with Gasteiger partial charge in [0.15, 0.2) is 0 Å². The van der Waals surface area contributed by atoms with E-state index < -0.39 is 0 Å². The van der Waals surface area contributed by atoms with Gasteiger partial charge in [0.1, 0.15) is 0 Å². The van der Waals surface area contributed by atoms with E-state index in [0.717, 1.165) is 25.8 Å². The molecule has 1 saturated heterocycles. The molecule has 0 aromatic rings. The van der Waals surface area contributed by atoms with Crippen LogP contribution >= 0.6 is 0 Å². The summed E-state index contributed by atoms with van der Waals surface area (Å²) in [6, 6.07) is 0.448. The van der Waals surface area contributed by atoms with Crippen LogP contribution in [0.1, 0.15) is 26.2 Å². The third-order valence-electron chi connectivity index (χ3n) is 3.01. The van der Waals surface area contributed by atoms with Crippen LogP contribution in [0.5, 0.6) is 0 Å². The number of hydrogen-bond acceptors (Lipinski definition) is 3. The first-order valence-corrected chi connectivity index (χ1v) is 6.43. The fraction of sp³-hybridized carbons (Fsp3) is 0.769. The summed E-state index contributed by atoms with van der Waals surface area (Å²) in [6.45, 7) is 8.55. The average Bonchev–Trinajstić information content (AvgIpc) is 2.33. The summed E-state index contributed by atoms with van der Waals surface area (Å²) in [4.78, 5) is 11.8. The normalized spacial score (nSPS) is 24.3. The van der Waals surface area contributed by atoms with E-state index in [0.29, 0.717) is 25.8 Å². The molecule has 98 valence electrons. The molecule has 0 spiro atoms. The monoisotopic (exact) mass is 240 g/mol. The third-order valence-corrected chi connectivity index (χ3v) is 3.01. The predicted molar refractivity (Wildman–Crippen MR) is 68.8 cm³/mol. The van der Waals surface area contributed by atoms with Crippen LogP contribution in [-0.4, -0.2) is 38.3 Å². The van der Waals surface area contributed by atoms with Gasteiger partial charge in [0.25, 0.3) is 0 Å². The van der Waals surface area contributed by atoms with Gasteiger partial charge in [0.2, 0.25) is 5.91 Å². The van der Waals surface area contributed by atoms with Crippen LogP contribution in [0.25, 0.3) is 0 Å². The summed E-state index contributed by atoms with van der Waals surface area (Å²) >= 11 is 0. The minimum Gasteiger partial charge on any atom is -0.379 e. The van der Waals surface area contributed by atoms with E-state index in [2.05, 4.69) is 24.1 Å². The number of piperidine rings is 1. The van der Waals surface area contributed by atoms with Crippen LogP contribution in [0.15, 0.2) is 12.7 Å². The van der Waals surface area contributed by atoms with Crippen molar-refractivity contribution in [2.45, 2.75) is 32.2 Å². The van der Waals surface area contributed by atoms with E-state index in [1.54, 1.807) is 0 Å². The number of rotatable bonds is 7. The highest BCUT2D eigenvalue weighted by molar-refractivity contribution is 5.78. The fourth-order valence-electron chi connectivity index (χ4n) is 2.03. The first-order valence-electron chi connectivity index (χ1n) is 6.43. The molecule has 0 aromatic heterocycles. The largest absolute Gasteiger partial charge is 0.379 e. The van der Waals surface area contributed by atoms with Gasteiger partial charge in [-0.05, 0) is 32.7 Å². The van der Waals surface area contributed by atoms with Gasteiger partial charge >= 0.3 is 0 Å². The van der Waals surface area contributed by atoms with Crippen LogP contribution in [-0.2, 0) is 9.53 Å². The van der Waals surface area contributed by atoms with Crippen molar-refractivity contribution in [2.24, 2.45) is 5.92 Å². The Morgan fingerprint density at radius 3 is 3.12 bits per heavy atom. The maximum absolute atomic E-state index is 11.8. The SMILES string of the molecule is C=CCCOCCNC(=O)C1CCNC(C)C1. The Bertz CT molecular complexity index is 244. The fourth-order valence-corrected chi connectivity index (χ4v) is 2.03. The van der Waals surface area contributed by atoms with Crippen molar-refractivity contribution in [3.8, 4) is 0 Å². The van der Waals surface area contributed by atoms with Crippen molar-refractivity contribution in [2.75, 3.05) is 26.3 Å². The minimum atomic E-state index is 0.166. The molecule has 0 aliphatic carbocycles. The molecule has 1 aliphatic heterocycles. The van der Waals surface area contributed by atoms with Gasteiger partial charge in [-0.1, -0.05) is 6.08 Å². The third kappa shape index (κ3) is 5.84. The molecule has 1 amide bonds. The Morgan fingerprint density at radius 2 is 2.41 bits per heavy atom. The summed E-state index contributed by atoms with van der Waals surface area (Å²) in [6.07, 6.45) is 4.56. The Morgan fingerprint density at radius 1 is 1.59 bits per heavy atom. The smallest absolute Gasteiger partial charge is 0.223 e. The zero-order valence-electron chi connectivity index (χ0n) is 10.7. The maximum atomic E-state index is 11.8. The molecule has 4 nitrogen and oxygen atoms in total. The highest BCUT2D eigenvalue weighted by Crippen LogP contribution is 2.15. The Kier molecular flexibility index (Phi) is 6.89. The van der Waals surface area contributed by atoms with Crippen LogP contribution in [0.2, 0.25) is 0 Å². The van der Waals surface area contributed by atoms with Crippen molar-refractivity contribution in [3.05, 3.63) is 12.7 Å². The molecule has 0 bridgehead atoms. The molecular formula is C13H24N2O2. The van der Waals surface area contributed by atoms with Crippen molar-refractivity contribution < 1.29 is 9.53 Å². The Hall–Kier alpha value is -0.870. The molecule has 1 fully saturated rings. The van der Waals surface area contributed by atoms with Crippen LogP contribution in [0, 0.1) is 5.92 Å². The summed E-state index contributed by atoms with van der Waals surface area (Å²) in [5.41, 5.74) is 0. The minimum absolute atomic E-state index is 0.166. The molecular weight excluding hydrogens is 216 g/mol. The van der Waals surface area contributed by atoms with Gasteiger partial charge in [-0.2, -0.15) is 0 Å². The van der Waals surface area contributed by atoms with Crippen molar-refractivity contribution in [1.82, 2.24) is 10.6 Å². The molecule has 0 aromatic carbocycles. The summed E-state index contributed by atoms with van der Waals surface area (Å²) in [5.74, 6) is 0.338. The molecule has 0 saturated carbocycles. The lowest BCUT2D eigenvalue weighted by molar-refractivity contribution is -0.126. The van der Waals surface area contributed by atoms with E-state index >= 15 is 0 Å². The van der Waals surface area contributed by atoms with Gasteiger partial charge < -0.3 is 15.4 Å². The van der Waals surface area contributed by atoms with Gasteiger partial charge in [0, 0.05) is 18.5 Å². The molecule has 1 aliphatic rings. The van der Waals surface area contributed by atoms with Crippen LogP contribution in [0.4, 0.5) is 0 Å². The van der Waals surface area contributed by atoms with Gasteiger partial charge in [-0.25, -0.2) is 0 Å². The molecule has 4 heteroatoms. The van der Waals surface area contributed by atoms with E-state index in [9.17, 15) is 4.79 Å². The number of nitrogens with one attached hydrogen (secondary N) is 2. The van der Waals surface area contributed by atoms with Gasteiger partial charge in [-0.15, -0.1) is 6.58 Å². The van der Waals surface area contributed by atoms with E-state index in [-0.39, 0.29) is 11.8 Å². The first kappa shape index (κ1) is 14.2. The summed E-state index contributed by atoms with van der Waals surface area (Å²) in [5, 5.41) is 6.28. The average molecular weight is 240 g/mol. The molecule has 1 rings (SSSR count). The topological polar surface area (TPSA) is 50.4 Å². The van der Waals surface area contributed by atoms with E-state index in [4.69, 9.17) is 4.74 Å². The van der Waals surface area contributed by atoms with Gasteiger partial charge in [0.05, 0.1) is 13.2 Å². The Balaban J connectivity index is 2.06. The second kappa shape index (κ2) is 8.25. The quantitative estimate of drug-likeness (QED) is 0.517. The zero-order valence-corrected chi connectivity index (χ0v) is 10.7. The second-order valence-electron chi connectivity index (χ2n) is 4.56. The first-order chi connectivity index (χ1) is 8.24. The summed E-state index contributed by atoms with van der Waals surface area (Å²) in [7, 11) is 0. The zero-order chi connectivity index (χ0) is 12.5. The van der Waals surface area contributed by atoms with Crippen LogP contribution in [0.3, 0.4) is 0 Å². The number of amides is 1. The van der Waals surface area contributed by atoms with Crippen molar-refractivity contribution >= 4 is 5.91 Å². The maximum Gasteiger partial charge on any atom is 0.223 e. The van der Waals surface area contributed by atoms with Crippen molar-refractivity contribution in [1.29, 1.82) is 0 Å². The summed E-state index contributed by atoms with van der Waals surface area (Å²) < 4.78 is 5.33. The highest BCUT2D eigenvalue weighted by Gasteiger charge is 2.24. The molecule has 2 N–H and O–H groups in total. The Labute approximate surface area is 104 Å². The molecule has 17 heavy (non-hydrogen) atoms. The van der Waals surface area contributed by atoms with Crippen LogP contribution < -0.4 is 10.6 Å². The lowest BCUT2D eigenvalue weighted by Crippen LogP contribution is -2.43. The van der Waals surface area contributed by atoms with E-state index in [1.165, 1.54) is 0 Å². The highest BCUT2D eigenvalue weighted by atomic mass is 16.5.